The Balaban J connectivity index is 2.24. The van der Waals surface area contributed by atoms with Crippen LogP contribution in [0.25, 0.3) is 10.8 Å². The molecule has 2 aromatic rings. The standard InChI is InChI=1S/C19H18N2O6/c1-10-15(18(24)26-2)17(21-19(25)20-10)16-12-6-4-3-5-11(12)7-8-13(16)27-9-14(22)23/h3-8,17H,9H2,1-2H3,(H,22,23)(H2,20,21,25). The average Bonchev–Trinajstić information content (AvgIpc) is 2.64. The van der Waals surface area contributed by atoms with Gasteiger partial charge in [0.2, 0.25) is 0 Å². The molecule has 27 heavy (non-hydrogen) atoms. The molecule has 0 aliphatic carbocycles. The van der Waals surface area contributed by atoms with Gasteiger partial charge >= 0.3 is 18.0 Å². The smallest absolute Gasteiger partial charge is 0.341 e. The maximum atomic E-state index is 12.4. The number of methoxy groups -OCH3 is 1. The minimum atomic E-state index is -1.14. The van der Waals surface area contributed by atoms with Crippen LogP contribution in [-0.4, -0.2) is 36.8 Å². The Bertz CT molecular complexity index is 966. The quantitative estimate of drug-likeness (QED) is 0.695. The predicted octanol–water partition coefficient (Wildman–Crippen LogP) is 2.10. The van der Waals surface area contributed by atoms with Gasteiger partial charge in [-0.15, -0.1) is 0 Å². The van der Waals surface area contributed by atoms with Crippen molar-refractivity contribution >= 4 is 28.7 Å². The van der Waals surface area contributed by atoms with Crippen LogP contribution < -0.4 is 15.4 Å². The number of nitrogens with one attached hydrogen (secondary N) is 2. The first-order valence-corrected chi connectivity index (χ1v) is 8.15. The van der Waals surface area contributed by atoms with Gasteiger partial charge in [-0.1, -0.05) is 30.3 Å². The van der Waals surface area contributed by atoms with E-state index < -0.39 is 30.6 Å². The van der Waals surface area contributed by atoms with Crippen molar-refractivity contribution in [1.82, 2.24) is 10.6 Å². The summed E-state index contributed by atoms with van der Waals surface area (Å²) >= 11 is 0. The van der Waals surface area contributed by atoms with Crippen LogP contribution in [0.3, 0.4) is 0 Å². The van der Waals surface area contributed by atoms with E-state index in [-0.39, 0.29) is 11.3 Å². The molecule has 0 radical (unpaired) electrons. The SMILES string of the molecule is COC(=O)C1=C(C)NC(=O)NC1c1c(OCC(=O)O)ccc2ccccc12. The normalized spacial score (nSPS) is 16.5. The maximum absolute atomic E-state index is 12.4. The van der Waals surface area contributed by atoms with E-state index >= 15 is 0 Å². The highest BCUT2D eigenvalue weighted by Gasteiger charge is 2.34. The van der Waals surface area contributed by atoms with E-state index in [1.165, 1.54) is 7.11 Å². The molecule has 0 fully saturated rings. The molecule has 8 heteroatoms. The minimum Gasteiger partial charge on any atom is -0.482 e. The lowest BCUT2D eigenvalue weighted by Crippen LogP contribution is -2.45. The van der Waals surface area contributed by atoms with E-state index in [0.29, 0.717) is 11.3 Å². The van der Waals surface area contributed by atoms with E-state index in [1.807, 2.05) is 24.3 Å². The third-order valence-electron chi connectivity index (χ3n) is 4.24. The highest BCUT2D eigenvalue weighted by Crippen LogP contribution is 2.38. The number of aliphatic carboxylic acids is 1. The number of carboxylic acids is 1. The van der Waals surface area contributed by atoms with Gasteiger partial charge in [0.05, 0.1) is 18.7 Å². The number of amides is 2. The van der Waals surface area contributed by atoms with Gasteiger partial charge in [-0.3, -0.25) is 0 Å². The summed E-state index contributed by atoms with van der Waals surface area (Å²) in [5.41, 5.74) is 1.06. The Hall–Kier alpha value is -3.55. The molecular weight excluding hydrogens is 352 g/mol. The third-order valence-corrected chi connectivity index (χ3v) is 4.24. The third kappa shape index (κ3) is 3.55. The maximum Gasteiger partial charge on any atom is 0.341 e. The molecule has 1 unspecified atom stereocenters. The number of hydrogen-bond acceptors (Lipinski definition) is 5. The van der Waals surface area contributed by atoms with Crippen LogP contribution in [0.15, 0.2) is 47.7 Å². The van der Waals surface area contributed by atoms with Crippen molar-refractivity contribution in [3.05, 3.63) is 53.2 Å². The fourth-order valence-corrected chi connectivity index (χ4v) is 3.13. The Morgan fingerprint density at radius 2 is 1.93 bits per heavy atom. The van der Waals surface area contributed by atoms with Crippen LogP contribution in [0.5, 0.6) is 5.75 Å². The number of allylic oxidation sites excluding steroid dienone is 1. The summed E-state index contributed by atoms with van der Waals surface area (Å²) in [7, 11) is 1.25. The van der Waals surface area contributed by atoms with E-state index in [0.717, 1.165) is 10.8 Å². The van der Waals surface area contributed by atoms with Gasteiger partial charge in [0.25, 0.3) is 0 Å². The molecule has 1 aliphatic heterocycles. The van der Waals surface area contributed by atoms with E-state index in [9.17, 15) is 14.4 Å². The molecule has 0 aromatic heterocycles. The number of carboxylic acid groups (broad SMARTS) is 1. The van der Waals surface area contributed by atoms with Crippen LogP contribution in [0.1, 0.15) is 18.5 Å². The summed E-state index contributed by atoms with van der Waals surface area (Å²) < 4.78 is 10.3. The fraction of sp³-hybridized carbons (Fsp3) is 0.211. The molecule has 1 atom stereocenters. The largest absolute Gasteiger partial charge is 0.482 e. The number of ether oxygens (including phenoxy) is 2. The molecule has 2 amide bonds. The van der Waals surface area contributed by atoms with Crippen LogP contribution in [-0.2, 0) is 14.3 Å². The zero-order valence-electron chi connectivity index (χ0n) is 14.7. The van der Waals surface area contributed by atoms with Crippen molar-refractivity contribution in [3.63, 3.8) is 0 Å². The number of benzene rings is 2. The second-order valence-corrected chi connectivity index (χ2v) is 5.94. The van der Waals surface area contributed by atoms with Crippen molar-refractivity contribution in [2.45, 2.75) is 13.0 Å². The first-order valence-electron chi connectivity index (χ1n) is 8.15. The zero-order chi connectivity index (χ0) is 19.6. The molecule has 0 saturated heterocycles. The summed E-state index contributed by atoms with van der Waals surface area (Å²) in [4.78, 5) is 35.4. The van der Waals surface area contributed by atoms with E-state index in [4.69, 9.17) is 14.6 Å². The van der Waals surface area contributed by atoms with Crippen molar-refractivity contribution in [1.29, 1.82) is 0 Å². The molecule has 0 saturated carbocycles. The summed E-state index contributed by atoms with van der Waals surface area (Å²) in [6, 6.07) is 9.42. The first-order chi connectivity index (χ1) is 12.9. The number of rotatable bonds is 5. The molecule has 0 spiro atoms. The Labute approximate surface area is 154 Å². The predicted molar refractivity (Wildman–Crippen MR) is 96.2 cm³/mol. The number of carbonyl (C=O) groups is 3. The molecule has 8 nitrogen and oxygen atoms in total. The molecule has 2 aromatic carbocycles. The Morgan fingerprint density at radius 3 is 2.63 bits per heavy atom. The minimum absolute atomic E-state index is 0.216. The van der Waals surface area contributed by atoms with Gasteiger partial charge < -0.3 is 25.2 Å². The molecule has 3 rings (SSSR count). The van der Waals surface area contributed by atoms with Crippen molar-refractivity contribution < 1.29 is 29.0 Å². The average molecular weight is 370 g/mol. The van der Waals surface area contributed by atoms with Crippen molar-refractivity contribution in [2.75, 3.05) is 13.7 Å². The lowest BCUT2D eigenvalue weighted by atomic mass is 9.90. The molecule has 1 aliphatic rings. The van der Waals surface area contributed by atoms with Crippen LogP contribution in [0, 0.1) is 0 Å². The van der Waals surface area contributed by atoms with Crippen LogP contribution in [0.4, 0.5) is 4.79 Å². The van der Waals surface area contributed by atoms with Crippen LogP contribution in [0.2, 0.25) is 0 Å². The molecular formula is C19H18N2O6. The topological polar surface area (TPSA) is 114 Å². The van der Waals surface area contributed by atoms with E-state index in [2.05, 4.69) is 10.6 Å². The highest BCUT2D eigenvalue weighted by molar-refractivity contribution is 5.98. The molecule has 0 bridgehead atoms. The second kappa shape index (κ2) is 7.36. The van der Waals surface area contributed by atoms with Crippen molar-refractivity contribution in [2.24, 2.45) is 0 Å². The molecule has 140 valence electrons. The summed E-state index contributed by atoms with van der Waals surface area (Å²) in [5.74, 6) is -1.48. The summed E-state index contributed by atoms with van der Waals surface area (Å²) in [6.45, 7) is 1.04. The van der Waals surface area contributed by atoms with Crippen LogP contribution >= 0.6 is 0 Å². The lowest BCUT2D eigenvalue weighted by molar-refractivity contribution is -0.139. The summed E-state index contributed by atoms with van der Waals surface area (Å²) in [5, 5.41) is 15.8. The highest BCUT2D eigenvalue weighted by atomic mass is 16.5. The summed E-state index contributed by atoms with van der Waals surface area (Å²) in [6.07, 6.45) is 0. The van der Waals surface area contributed by atoms with Gasteiger partial charge in [-0.25, -0.2) is 14.4 Å². The van der Waals surface area contributed by atoms with Gasteiger partial charge in [-0.05, 0) is 23.8 Å². The van der Waals surface area contributed by atoms with Gasteiger partial charge in [0.15, 0.2) is 6.61 Å². The number of fused-ring (bicyclic) bond motifs is 1. The fourth-order valence-electron chi connectivity index (χ4n) is 3.13. The Morgan fingerprint density at radius 1 is 1.19 bits per heavy atom. The number of urea groups is 1. The molecule has 3 N–H and O–H groups in total. The molecule has 1 heterocycles. The van der Waals surface area contributed by atoms with Gasteiger partial charge in [0, 0.05) is 11.3 Å². The Kier molecular flexibility index (Phi) is 4.98. The van der Waals surface area contributed by atoms with E-state index in [1.54, 1.807) is 19.1 Å². The van der Waals surface area contributed by atoms with Gasteiger partial charge in [0.1, 0.15) is 5.75 Å². The lowest BCUT2D eigenvalue weighted by Gasteiger charge is -2.29. The number of carbonyl (C=O) groups excluding carboxylic acids is 2. The first kappa shape index (κ1) is 18.2. The number of esters is 1. The van der Waals surface area contributed by atoms with Gasteiger partial charge in [-0.2, -0.15) is 0 Å². The number of hydrogen-bond donors (Lipinski definition) is 3. The zero-order valence-corrected chi connectivity index (χ0v) is 14.7. The van der Waals surface area contributed by atoms with Crippen molar-refractivity contribution in [3.8, 4) is 5.75 Å². The second-order valence-electron chi connectivity index (χ2n) is 5.94. The monoisotopic (exact) mass is 370 g/mol.